The van der Waals surface area contributed by atoms with Gasteiger partial charge in [0.25, 0.3) is 0 Å². The number of hydrogen-bond acceptors (Lipinski definition) is 4. The van der Waals surface area contributed by atoms with Crippen molar-refractivity contribution in [3.8, 4) is 0 Å². The van der Waals surface area contributed by atoms with Gasteiger partial charge in [-0.2, -0.15) is 13.2 Å². The van der Waals surface area contributed by atoms with Gasteiger partial charge in [0.05, 0.1) is 0 Å². The van der Waals surface area contributed by atoms with E-state index >= 15 is 0 Å². The molecule has 2 fully saturated rings. The van der Waals surface area contributed by atoms with Crippen molar-refractivity contribution in [3.05, 3.63) is 59.8 Å². The molecule has 2 aromatic rings. The fourth-order valence-electron chi connectivity index (χ4n) is 5.01. The van der Waals surface area contributed by atoms with Gasteiger partial charge in [0.1, 0.15) is 11.5 Å². The van der Waals surface area contributed by atoms with Crippen molar-refractivity contribution in [3.63, 3.8) is 0 Å². The maximum Gasteiger partial charge on any atom is 0.433 e. The van der Waals surface area contributed by atoms with E-state index in [1.807, 2.05) is 6.07 Å². The SMILES string of the molecule is FC(F)(F)c1cccc(NCC2(C3CCN(Cc4ccccc4)CC3)CCOCC2)n1. The molecule has 1 aromatic heterocycles. The lowest BCUT2D eigenvalue weighted by Crippen LogP contribution is -2.47. The minimum atomic E-state index is -4.43. The van der Waals surface area contributed by atoms with Crippen LogP contribution in [0.15, 0.2) is 48.5 Å². The van der Waals surface area contributed by atoms with Crippen LogP contribution in [0.5, 0.6) is 0 Å². The number of aromatic nitrogens is 1. The van der Waals surface area contributed by atoms with Crippen molar-refractivity contribution in [2.75, 3.05) is 38.2 Å². The van der Waals surface area contributed by atoms with Crippen molar-refractivity contribution in [1.29, 1.82) is 0 Å². The highest BCUT2D eigenvalue weighted by Gasteiger charge is 2.41. The molecule has 7 heteroatoms. The van der Waals surface area contributed by atoms with Gasteiger partial charge in [0, 0.05) is 26.3 Å². The van der Waals surface area contributed by atoms with Crippen LogP contribution in [0.1, 0.15) is 36.9 Å². The molecule has 1 N–H and O–H groups in total. The van der Waals surface area contributed by atoms with Crippen LogP contribution in [0.25, 0.3) is 0 Å². The number of pyridine rings is 1. The molecule has 0 radical (unpaired) electrons. The second-order valence-corrected chi connectivity index (χ2v) is 8.77. The van der Waals surface area contributed by atoms with E-state index in [1.54, 1.807) is 6.07 Å². The van der Waals surface area contributed by atoms with Crippen LogP contribution in [0, 0.1) is 11.3 Å². The van der Waals surface area contributed by atoms with Crippen molar-refractivity contribution >= 4 is 5.82 Å². The third kappa shape index (κ3) is 5.57. The van der Waals surface area contributed by atoms with Crippen LogP contribution in [-0.2, 0) is 17.5 Å². The third-order valence-corrected chi connectivity index (χ3v) is 6.85. The van der Waals surface area contributed by atoms with Gasteiger partial charge in [-0.25, -0.2) is 4.98 Å². The summed E-state index contributed by atoms with van der Waals surface area (Å²) in [7, 11) is 0. The molecule has 2 aliphatic heterocycles. The molecule has 3 heterocycles. The molecule has 4 rings (SSSR count). The average Bonchev–Trinajstić information content (AvgIpc) is 2.79. The highest BCUT2D eigenvalue weighted by molar-refractivity contribution is 5.36. The number of likely N-dealkylation sites (tertiary alicyclic amines) is 1. The van der Waals surface area contributed by atoms with Gasteiger partial charge >= 0.3 is 6.18 Å². The normalized spacial score (nSPS) is 20.5. The summed E-state index contributed by atoms with van der Waals surface area (Å²) >= 11 is 0. The van der Waals surface area contributed by atoms with Crippen molar-refractivity contribution in [1.82, 2.24) is 9.88 Å². The summed E-state index contributed by atoms with van der Waals surface area (Å²) < 4.78 is 44.7. The Bertz CT molecular complexity index is 829. The summed E-state index contributed by atoms with van der Waals surface area (Å²) in [5.74, 6) is 0.823. The molecule has 0 amide bonds. The highest BCUT2D eigenvalue weighted by atomic mass is 19.4. The number of halogens is 3. The Morgan fingerprint density at radius 1 is 1.00 bits per heavy atom. The molecule has 2 aliphatic rings. The number of anilines is 1. The molecule has 0 spiro atoms. The third-order valence-electron chi connectivity index (χ3n) is 6.85. The Morgan fingerprint density at radius 3 is 2.39 bits per heavy atom. The maximum absolute atomic E-state index is 13.0. The molecule has 31 heavy (non-hydrogen) atoms. The molecule has 0 aliphatic carbocycles. The zero-order valence-electron chi connectivity index (χ0n) is 17.7. The molecule has 0 atom stereocenters. The number of nitrogens with zero attached hydrogens (tertiary/aromatic N) is 2. The first kappa shape index (κ1) is 22.1. The summed E-state index contributed by atoms with van der Waals surface area (Å²) in [6.45, 7) is 5.11. The zero-order chi connectivity index (χ0) is 21.7. The molecular formula is C24H30F3N3O. The summed E-state index contributed by atoms with van der Waals surface area (Å²) in [6, 6.07) is 14.6. The monoisotopic (exact) mass is 433 g/mol. The topological polar surface area (TPSA) is 37.4 Å². The van der Waals surface area contributed by atoms with Gasteiger partial charge in [0.15, 0.2) is 0 Å². The van der Waals surface area contributed by atoms with Crippen LogP contribution < -0.4 is 5.32 Å². The number of rotatable bonds is 6. The van der Waals surface area contributed by atoms with E-state index in [4.69, 9.17) is 4.74 Å². The molecule has 2 saturated heterocycles. The molecule has 0 saturated carbocycles. The molecule has 1 aromatic carbocycles. The summed E-state index contributed by atoms with van der Waals surface area (Å²) in [5.41, 5.74) is 0.513. The Morgan fingerprint density at radius 2 is 1.71 bits per heavy atom. The second kappa shape index (κ2) is 9.57. The smallest absolute Gasteiger partial charge is 0.381 e. The van der Waals surface area contributed by atoms with E-state index < -0.39 is 11.9 Å². The lowest BCUT2D eigenvalue weighted by atomic mass is 9.66. The second-order valence-electron chi connectivity index (χ2n) is 8.77. The number of hydrogen-bond donors (Lipinski definition) is 1. The fourth-order valence-corrected chi connectivity index (χ4v) is 5.01. The first-order valence-corrected chi connectivity index (χ1v) is 11.1. The van der Waals surface area contributed by atoms with E-state index in [-0.39, 0.29) is 5.41 Å². The summed E-state index contributed by atoms with van der Waals surface area (Å²) in [5, 5.41) is 3.24. The fraction of sp³-hybridized carbons (Fsp3) is 0.542. The predicted molar refractivity (Wildman–Crippen MR) is 115 cm³/mol. The Balaban J connectivity index is 1.39. The first-order valence-electron chi connectivity index (χ1n) is 11.1. The van der Waals surface area contributed by atoms with Crippen LogP contribution >= 0.6 is 0 Å². The van der Waals surface area contributed by atoms with E-state index in [0.29, 0.717) is 31.5 Å². The molecule has 4 nitrogen and oxygen atoms in total. The lowest BCUT2D eigenvalue weighted by molar-refractivity contribution is -0.141. The molecular weight excluding hydrogens is 403 g/mol. The van der Waals surface area contributed by atoms with Gasteiger partial charge in [-0.05, 0) is 67.8 Å². The minimum absolute atomic E-state index is 0.0347. The van der Waals surface area contributed by atoms with Crippen LogP contribution in [-0.4, -0.2) is 42.7 Å². The largest absolute Gasteiger partial charge is 0.433 e. The Kier molecular flexibility index (Phi) is 6.82. The van der Waals surface area contributed by atoms with Crippen LogP contribution in [0.3, 0.4) is 0 Å². The van der Waals surface area contributed by atoms with E-state index in [2.05, 4.69) is 39.5 Å². The number of benzene rings is 1. The number of piperidine rings is 1. The number of nitrogens with one attached hydrogen (secondary N) is 1. The Labute approximate surface area is 181 Å². The lowest BCUT2D eigenvalue weighted by Gasteiger charge is -2.47. The van der Waals surface area contributed by atoms with Crippen molar-refractivity contribution < 1.29 is 17.9 Å². The van der Waals surface area contributed by atoms with Gasteiger partial charge in [-0.15, -0.1) is 0 Å². The predicted octanol–water partition coefficient (Wildman–Crippen LogP) is 5.22. The molecule has 0 bridgehead atoms. The van der Waals surface area contributed by atoms with Gasteiger partial charge in [-0.3, -0.25) is 4.90 Å². The van der Waals surface area contributed by atoms with Gasteiger partial charge in [-0.1, -0.05) is 36.4 Å². The number of alkyl halides is 3. The summed E-state index contributed by atoms with van der Waals surface area (Å²) in [6.07, 6.45) is -0.362. The first-order chi connectivity index (χ1) is 14.9. The summed E-state index contributed by atoms with van der Waals surface area (Å²) in [4.78, 5) is 6.29. The van der Waals surface area contributed by atoms with Gasteiger partial charge in [0.2, 0.25) is 0 Å². The number of ether oxygens (including phenoxy) is 1. The minimum Gasteiger partial charge on any atom is -0.381 e. The quantitative estimate of drug-likeness (QED) is 0.678. The van der Waals surface area contributed by atoms with E-state index in [9.17, 15) is 13.2 Å². The van der Waals surface area contributed by atoms with Crippen molar-refractivity contribution in [2.24, 2.45) is 11.3 Å². The van der Waals surface area contributed by atoms with Crippen molar-refractivity contribution in [2.45, 2.75) is 38.4 Å². The zero-order valence-corrected chi connectivity index (χ0v) is 17.7. The van der Waals surface area contributed by atoms with Crippen LogP contribution in [0.4, 0.5) is 19.0 Å². The molecule has 168 valence electrons. The highest BCUT2D eigenvalue weighted by Crippen LogP contribution is 2.44. The van der Waals surface area contributed by atoms with Crippen LogP contribution in [0.2, 0.25) is 0 Å². The molecule has 0 unspecified atom stereocenters. The maximum atomic E-state index is 13.0. The Hall–Kier alpha value is -2.12. The standard InChI is InChI=1S/C24H30F3N3O/c25-24(26,27)21-7-4-8-22(29-21)28-18-23(11-15-31-16-12-23)20-9-13-30(14-10-20)17-19-5-2-1-3-6-19/h1-8,20H,9-18H2,(H,28,29). The average molecular weight is 434 g/mol. The van der Waals surface area contributed by atoms with E-state index in [0.717, 1.165) is 51.4 Å². The van der Waals surface area contributed by atoms with E-state index in [1.165, 1.54) is 11.6 Å². The van der Waals surface area contributed by atoms with Gasteiger partial charge < -0.3 is 10.1 Å².